The van der Waals surface area contributed by atoms with Gasteiger partial charge in [-0.2, -0.15) is 4.98 Å². The lowest BCUT2D eigenvalue weighted by atomic mass is 9.94. The molecular weight excluding hydrogens is 489 g/mol. The lowest BCUT2D eigenvalue weighted by Crippen LogP contribution is -2.32. The predicted octanol–water partition coefficient (Wildman–Crippen LogP) is 5.04. The average molecular weight is 516 g/mol. The van der Waals surface area contributed by atoms with E-state index < -0.39 is 11.9 Å². The molecule has 1 atom stereocenters. The second kappa shape index (κ2) is 10.3. The van der Waals surface area contributed by atoms with Gasteiger partial charge in [0.15, 0.2) is 17.3 Å². The number of methoxy groups -OCH3 is 3. The Morgan fingerprint density at radius 3 is 2.26 bits per heavy atom. The van der Waals surface area contributed by atoms with Crippen molar-refractivity contribution < 1.29 is 23.4 Å². The second-order valence-corrected chi connectivity index (χ2v) is 8.53. The highest BCUT2D eigenvalue weighted by Gasteiger charge is 2.36. The number of hydrogen-bond donors (Lipinski definition) is 2. The minimum absolute atomic E-state index is 0.286. The van der Waals surface area contributed by atoms with Crippen LogP contribution in [0.15, 0.2) is 78.0 Å². The number of benzene rings is 3. The number of hydrogen-bond acceptors (Lipinski definition) is 7. The zero-order valence-electron chi connectivity index (χ0n) is 21.3. The van der Waals surface area contributed by atoms with E-state index in [2.05, 4.69) is 15.6 Å². The maximum absolute atomic E-state index is 15.2. The third-order valence-electron chi connectivity index (χ3n) is 6.25. The molecule has 4 aromatic rings. The maximum atomic E-state index is 15.2. The van der Waals surface area contributed by atoms with E-state index >= 15 is 4.39 Å². The van der Waals surface area contributed by atoms with E-state index in [9.17, 15) is 4.79 Å². The number of nitrogens with zero attached hydrogens (tertiary/aromatic N) is 3. The zero-order chi connectivity index (χ0) is 26.8. The molecule has 2 N–H and O–H groups in total. The molecule has 1 aliphatic heterocycles. The van der Waals surface area contributed by atoms with Gasteiger partial charge in [-0.05, 0) is 37.3 Å². The van der Waals surface area contributed by atoms with Crippen molar-refractivity contribution in [2.75, 3.05) is 32.0 Å². The van der Waals surface area contributed by atoms with E-state index in [1.54, 1.807) is 49.4 Å². The number of nitrogens with one attached hydrogen (secondary N) is 2. The van der Waals surface area contributed by atoms with Gasteiger partial charge in [-0.25, -0.2) is 9.07 Å². The molecule has 0 fully saturated rings. The number of aromatic nitrogens is 3. The fourth-order valence-corrected chi connectivity index (χ4v) is 4.48. The van der Waals surface area contributed by atoms with Gasteiger partial charge in [-0.15, -0.1) is 5.10 Å². The minimum atomic E-state index is -0.876. The summed E-state index contributed by atoms with van der Waals surface area (Å²) < 4.78 is 33.1. The molecule has 2 heterocycles. The van der Waals surface area contributed by atoms with Gasteiger partial charge in [-0.3, -0.25) is 4.79 Å². The number of amides is 1. The highest BCUT2D eigenvalue weighted by atomic mass is 19.1. The van der Waals surface area contributed by atoms with Crippen LogP contribution in [0.5, 0.6) is 17.2 Å². The summed E-state index contributed by atoms with van der Waals surface area (Å²) in [4.78, 5) is 18.2. The smallest absolute Gasteiger partial charge is 0.255 e. The molecule has 0 spiro atoms. The summed E-state index contributed by atoms with van der Waals surface area (Å²) in [5.74, 6) is 1.14. The third-order valence-corrected chi connectivity index (χ3v) is 6.25. The number of anilines is 2. The summed E-state index contributed by atoms with van der Waals surface area (Å²) in [6, 6.07) is 18.0. The van der Waals surface area contributed by atoms with Gasteiger partial charge in [0.1, 0.15) is 11.9 Å². The van der Waals surface area contributed by atoms with Crippen molar-refractivity contribution in [1.82, 2.24) is 14.8 Å². The number of carbonyl (C=O) groups is 1. The van der Waals surface area contributed by atoms with Crippen molar-refractivity contribution in [2.45, 2.75) is 13.0 Å². The van der Waals surface area contributed by atoms with Gasteiger partial charge in [-0.1, -0.05) is 36.4 Å². The number of ether oxygens (including phenoxy) is 3. The molecule has 0 aliphatic carbocycles. The number of fused-ring (bicyclic) bond motifs is 1. The van der Waals surface area contributed by atoms with Crippen LogP contribution in [-0.4, -0.2) is 42.0 Å². The van der Waals surface area contributed by atoms with Crippen LogP contribution >= 0.6 is 0 Å². The number of allylic oxidation sites excluding steroid dienone is 1. The molecule has 38 heavy (non-hydrogen) atoms. The molecule has 0 saturated carbocycles. The van der Waals surface area contributed by atoms with Crippen LogP contribution in [-0.2, 0) is 4.79 Å². The normalized spacial score (nSPS) is 14.4. The zero-order valence-corrected chi connectivity index (χ0v) is 21.3. The number of rotatable bonds is 7. The first-order valence-corrected chi connectivity index (χ1v) is 11.8. The van der Waals surface area contributed by atoms with Crippen molar-refractivity contribution in [3.8, 4) is 28.6 Å². The standard InChI is InChI=1S/C28H26FN5O4/c1-16-23(27(35)31-18-10-6-5-7-11-18)24(19-12-8-9-13-20(19)29)34-28(30-16)32-26(33-34)17-14-21(36-2)25(38-4)22(15-17)37-3/h5-15,24H,1-4H3,(H,31,35)(H,30,32,33). The van der Waals surface area contributed by atoms with Gasteiger partial charge in [0.05, 0.1) is 26.9 Å². The van der Waals surface area contributed by atoms with Gasteiger partial charge in [0, 0.05) is 22.5 Å². The fraction of sp³-hybridized carbons (Fsp3) is 0.179. The van der Waals surface area contributed by atoms with Crippen molar-refractivity contribution in [1.29, 1.82) is 0 Å². The number of carbonyl (C=O) groups excluding carboxylic acids is 1. The summed E-state index contributed by atoms with van der Waals surface area (Å²) in [6.45, 7) is 1.76. The molecule has 0 bridgehead atoms. The van der Waals surface area contributed by atoms with Gasteiger partial charge in [0.2, 0.25) is 11.7 Å². The first kappa shape index (κ1) is 24.8. The molecular formula is C28H26FN5O4. The Morgan fingerprint density at radius 2 is 1.63 bits per heavy atom. The topological polar surface area (TPSA) is 99.5 Å². The van der Waals surface area contributed by atoms with Crippen LogP contribution < -0.4 is 24.8 Å². The fourth-order valence-electron chi connectivity index (χ4n) is 4.48. The Kier molecular flexibility index (Phi) is 6.69. The quantitative estimate of drug-likeness (QED) is 0.356. The SMILES string of the molecule is COc1cc(-c2nc3n(n2)C(c2ccccc2F)C(C(=O)Nc2ccccc2)=C(C)N3)cc(OC)c1OC. The molecule has 10 heteroatoms. The minimum Gasteiger partial charge on any atom is -0.493 e. The van der Waals surface area contributed by atoms with E-state index in [4.69, 9.17) is 19.3 Å². The molecule has 1 aromatic heterocycles. The highest BCUT2D eigenvalue weighted by Crippen LogP contribution is 2.42. The second-order valence-electron chi connectivity index (χ2n) is 8.53. The first-order valence-electron chi connectivity index (χ1n) is 11.8. The van der Waals surface area contributed by atoms with Crippen LogP contribution in [0.3, 0.4) is 0 Å². The van der Waals surface area contributed by atoms with Gasteiger partial charge < -0.3 is 24.8 Å². The third kappa shape index (κ3) is 4.40. The lowest BCUT2D eigenvalue weighted by Gasteiger charge is -2.28. The molecule has 5 rings (SSSR count). The molecule has 3 aromatic carbocycles. The molecule has 1 amide bonds. The van der Waals surface area contributed by atoms with Crippen molar-refractivity contribution in [3.63, 3.8) is 0 Å². The van der Waals surface area contributed by atoms with E-state index in [-0.39, 0.29) is 11.5 Å². The first-order chi connectivity index (χ1) is 18.4. The van der Waals surface area contributed by atoms with Crippen LogP contribution in [0, 0.1) is 5.82 Å². The van der Waals surface area contributed by atoms with E-state index in [1.807, 2.05) is 18.2 Å². The van der Waals surface area contributed by atoms with Crippen LogP contribution in [0.4, 0.5) is 16.0 Å². The molecule has 1 unspecified atom stereocenters. The van der Waals surface area contributed by atoms with E-state index in [0.29, 0.717) is 51.5 Å². The monoisotopic (exact) mass is 515 g/mol. The summed E-state index contributed by atoms with van der Waals surface area (Å²) in [7, 11) is 4.56. The molecule has 1 aliphatic rings. The summed E-state index contributed by atoms with van der Waals surface area (Å²) in [5.41, 5.74) is 2.33. The molecule has 9 nitrogen and oxygen atoms in total. The van der Waals surface area contributed by atoms with E-state index in [1.165, 1.54) is 32.1 Å². The Labute approximate surface area is 218 Å². The Bertz CT molecular complexity index is 1510. The van der Waals surface area contributed by atoms with Crippen molar-refractivity contribution in [3.05, 3.63) is 89.4 Å². The molecule has 0 radical (unpaired) electrons. The highest BCUT2D eigenvalue weighted by molar-refractivity contribution is 6.06. The largest absolute Gasteiger partial charge is 0.493 e. The summed E-state index contributed by atoms with van der Waals surface area (Å²) in [5, 5.41) is 10.8. The maximum Gasteiger partial charge on any atom is 0.255 e. The Morgan fingerprint density at radius 1 is 0.974 bits per heavy atom. The van der Waals surface area contributed by atoms with Gasteiger partial charge >= 0.3 is 0 Å². The average Bonchev–Trinajstić information content (AvgIpc) is 3.36. The summed E-state index contributed by atoms with van der Waals surface area (Å²) >= 11 is 0. The van der Waals surface area contributed by atoms with E-state index in [0.717, 1.165) is 0 Å². The van der Waals surface area contributed by atoms with Crippen LogP contribution in [0.25, 0.3) is 11.4 Å². The van der Waals surface area contributed by atoms with Gasteiger partial charge in [0.25, 0.3) is 5.91 Å². The Balaban J connectivity index is 1.63. The van der Waals surface area contributed by atoms with Crippen molar-refractivity contribution >= 4 is 17.5 Å². The molecule has 194 valence electrons. The van der Waals surface area contributed by atoms with Crippen LogP contribution in [0.1, 0.15) is 18.5 Å². The van der Waals surface area contributed by atoms with Crippen LogP contribution in [0.2, 0.25) is 0 Å². The predicted molar refractivity (Wildman–Crippen MR) is 141 cm³/mol. The summed E-state index contributed by atoms with van der Waals surface area (Å²) in [6.07, 6.45) is 0. The number of para-hydroxylation sites is 1. The lowest BCUT2D eigenvalue weighted by molar-refractivity contribution is -0.113. The molecule has 0 saturated heterocycles. The van der Waals surface area contributed by atoms with Crippen molar-refractivity contribution in [2.24, 2.45) is 0 Å². The number of halogens is 1. The Hall–Kier alpha value is -4.86.